The number of benzene rings is 2. The highest BCUT2D eigenvalue weighted by molar-refractivity contribution is 5.95. The van der Waals surface area contributed by atoms with Crippen LogP contribution in [0.3, 0.4) is 0 Å². The van der Waals surface area contributed by atoms with Crippen molar-refractivity contribution in [1.29, 1.82) is 0 Å². The largest absolute Gasteiger partial charge is 0.467 e. The summed E-state index contributed by atoms with van der Waals surface area (Å²) in [7, 11) is 1.17. The molecule has 0 aliphatic carbocycles. The van der Waals surface area contributed by atoms with Crippen LogP contribution in [0.5, 0.6) is 0 Å². The minimum Gasteiger partial charge on any atom is -0.467 e. The fourth-order valence-electron chi connectivity index (χ4n) is 3.93. The van der Waals surface area contributed by atoms with Gasteiger partial charge < -0.3 is 24.8 Å². The standard InChI is InChI=1S/C25H29FN2O6/c1-3-22-20(9-10-33-22)17-11-18(13-19(26)12-17)23(29)27-14-21(24(30)32-2)28-25(31)34-15-16-7-5-4-6-8-16/h4-8,11-13,20-22H,3,9-10,14-15H2,1-2H3,(H,27,29)(H,28,31)/t20-,21-,22+/m1/s1. The van der Waals surface area contributed by atoms with Gasteiger partial charge in [0.1, 0.15) is 18.5 Å². The van der Waals surface area contributed by atoms with Crippen LogP contribution in [-0.4, -0.2) is 50.4 Å². The number of amides is 2. The Balaban J connectivity index is 1.61. The van der Waals surface area contributed by atoms with E-state index in [1.165, 1.54) is 13.2 Å². The Morgan fingerprint density at radius 2 is 1.94 bits per heavy atom. The Morgan fingerprint density at radius 3 is 2.65 bits per heavy atom. The molecule has 182 valence electrons. The highest BCUT2D eigenvalue weighted by Crippen LogP contribution is 2.33. The third-order valence-electron chi connectivity index (χ3n) is 5.68. The van der Waals surface area contributed by atoms with Gasteiger partial charge in [-0.05, 0) is 42.2 Å². The zero-order valence-corrected chi connectivity index (χ0v) is 19.2. The number of carbonyl (C=O) groups is 3. The first-order valence-electron chi connectivity index (χ1n) is 11.2. The fraction of sp³-hybridized carbons (Fsp3) is 0.400. The number of rotatable bonds is 9. The maximum atomic E-state index is 14.3. The lowest BCUT2D eigenvalue weighted by Crippen LogP contribution is -2.49. The molecule has 0 radical (unpaired) electrons. The molecule has 3 rings (SSSR count). The van der Waals surface area contributed by atoms with Gasteiger partial charge in [-0.1, -0.05) is 37.3 Å². The van der Waals surface area contributed by atoms with Crippen molar-refractivity contribution in [2.75, 3.05) is 20.3 Å². The molecule has 9 heteroatoms. The molecule has 1 aliphatic heterocycles. The molecule has 2 amide bonds. The zero-order valence-electron chi connectivity index (χ0n) is 19.2. The first kappa shape index (κ1) is 25.2. The summed E-state index contributed by atoms with van der Waals surface area (Å²) >= 11 is 0. The van der Waals surface area contributed by atoms with E-state index in [1.807, 2.05) is 25.1 Å². The Morgan fingerprint density at radius 1 is 1.18 bits per heavy atom. The summed E-state index contributed by atoms with van der Waals surface area (Å²) in [6.07, 6.45) is 0.679. The molecule has 34 heavy (non-hydrogen) atoms. The third-order valence-corrected chi connectivity index (χ3v) is 5.68. The van der Waals surface area contributed by atoms with Crippen LogP contribution in [0, 0.1) is 5.82 Å². The van der Waals surface area contributed by atoms with E-state index >= 15 is 0 Å². The first-order chi connectivity index (χ1) is 16.4. The van der Waals surface area contributed by atoms with E-state index in [1.54, 1.807) is 18.2 Å². The van der Waals surface area contributed by atoms with Gasteiger partial charge in [0.25, 0.3) is 5.91 Å². The first-order valence-corrected chi connectivity index (χ1v) is 11.2. The zero-order chi connectivity index (χ0) is 24.5. The second-order valence-corrected chi connectivity index (χ2v) is 7.98. The molecule has 0 saturated carbocycles. The van der Waals surface area contributed by atoms with E-state index in [4.69, 9.17) is 14.2 Å². The summed E-state index contributed by atoms with van der Waals surface area (Å²) in [5.74, 6) is -1.86. The maximum Gasteiger partial charge on any atom is 0.408 e. The lowest BCUT2D eigenvalue weighted by Gasteiger charge is -2.19. The molecule has 0 aromatic heterocycles. The van der Waals surface area contributed by atoms with Crippen molar-refractivity contribution in [3.63, 3.8) is 0 Å². The Bertz CT molecular complexity index is 1000. The van der Waals surface area contributed by atoms with Gasteiger partial charge in [0, 0.05) is 24.6 Å². The quantitative estimate of drug-likeness (QED) is 0.543. The number of halogens is 1. The van der Waals surface area contributed by atoms with Crippen LogP contribution in [0.25, 0.3) is 0 Å². The van der Waals surface area contributed by atoms with Crippen molar-refractivity contribution in [3.05, 3.63) is 71.0 Å². The molecule has 0 spiro atoms. The average Bonchev–Trinajstić information content (AvgIpc) is 3.34. The predicted octanol–water partition coefficient (Wildman–Crippen LogP) is 3.31. The molecule has 1 saturated heterocycles. The Hall–Kier alpha value is -3.46. The van der Waals surface area contributed by atoms with Gasteiger partial charge in [0.05, 0.1) is 13.2 Å². The van der Waals surface area contributed by atoms with Crippen molar-refractivity contribution in [3.8, 4) is 0 Å². The number of alkyl carbamates (subject to hydrolysis) is 1. The fourth-order valence-corrected chi connectivity index (χ4v) is 3.93. The predicted molar refractivity (Wildman–Crippen MR) is 122 cm³/mol. The second kappa shape index (κ2) is 12.1. The average molecular weight is 473 g/mol. The minimum absolute atomic E-state index is 0.0103. The molecular formula is C25H29FN2O6. The maximum absolute atomic E-state index is 14.3. The normalized spacial score (nSPS) is 18.1. The number of ether oxygens (including phenoxy) is 3. The summed E-state index contributed by atoms with van der Waals surface area (Å²) < 4.78 is 29.8. The summed E-state index contributed by atoms with van der Waals surface area (Å²) in [4.78, 5) is 37.0. The van der Waals surface area contributed by atoms with Crippen LogP contribution in [0.15, 0.2) is 48.5 Å². The van der Waals surface area contributed by atoms with E-state index < -0.39 is 29.8 Å². The van der Waals surface area contributed by atoms with Gasteiger partial charge in [-0.3, -0.25) is 4.79 Å². The number of hydrogen-bond acceptors (Lipinski definition) is 6. The van der Waals surface area contributed by atoms with Crippen molar-refractivity contribution in [2.45, 2.75) is 44.4 Å². The van der Waals surface area contributed by atoms with Gasteiger partial charge in [0.2, 0.25) is 0 Å². The SMILES string of the molecule is CC[C@@H]1OCC[C@@H]1c1cc(F)cc(C(=O)NC[C@@H](NC(=O)OCc2ccccc2)C(=O)OC)c1. The van der Waals surface area contributed by atoms with Crippen LogP contribution in [0.4, 0.5) is 9.18 Å². The number of nitrogens with one attached hydrogen (secondary N) is 2. The van der Waals surface area contributed by atoms with Crippen LogP contribution in [0.2, 0.25) is 0 Å². The van der Waals surface area contributed by atoms with Gasteiger partial charge in [-0.2, -0.15) is 0 Å². The van der Waals surface area contributed by atoms with E-state index in [9.17, 15) is 18.8 Å². The molecule has 1 fully saturated rings. The molecule has 1 heterocycles. The van der Waals surface area contributed by atoms with Gasteiger partial charge in [0.15, 0.2) is 0 Å². The summed E-state index contributed by atoms with van der Waals surface area (Å²) in [6.45, 7) is 2.35. The van der Waals surface area contributed by atoms with E-state index in [0.717, 1.165) is 24.5 Å². The van der Waals surface area contributed by atoms with Gasteiger partial charge in [-0.25, -0.2) is 14.0 Å². The Kier molecular flexibility index (Phi) is 8.98. The van der Waals surface area contributed by atoms with Crippen LogP contribution < -0.4 is 10.6 Å². The molecule has 3 atom stereocenters. The van der Waals surface area contributed by atoms with E-state index in [2.05, 4.69) is 10.6 Å². The van der Waals surface area contributed by atoms with Crippen molar-refractivity contribution >= 4 is 18.0 Å². The van der Waals surface area contributed by atoms with Crippen LogP contribution in [-0.2, 0) is 25.6 Å². The molecule has 0 bridgehead atoms. The second-order valence-electron chi connectivity index (χ2n) is 7.98. The summed E-state index contributed by atoms with van der Waals surface area (Å²) in [5.41, 5.74) is 1.59. The lowest BCUT2D eigenvalue weighted by molar-refractivity contribution is -0.142. The summed E-state index contributed by atoms with van der Waals surface area (Å²) in [5, 5.41) is 4.94. The molecule has 0 unspecified atom stereocenters. The van der Waals surface area contributed by atoms with Crippen LogP contribution >= 0.6 is 0 Å². The van der Waals surface area contributed by atoms with E-state index in [-0.39, 0.29) is 30.7 Å². The number of esters is 1. The number of methoxy groups -OCH3 is 1. The third kappa shape index (κ3) is 6.77. The monoisotopic (exact) mass is 472 g/mol. The van der Waals surface area contributed by atoms with E-state index in [0.29, 0.717) is 12.2 Å². The topological polar surface area (TPSA) is 103 Å². The summed E-state index contributed by atoms with van der Waals surface area (Å²) in [6, 6.07) is 12.0. The Labute approximate surface area is 197 Å². The molecule has 2 N–H and O–H groups in total. The van der Waals surface area contributed by atoms with Crippen LogP contribution in [0.1, 0.15) is 47.2 Å². The van der Waals surface area contributed by atoms with Gasteiger partial charge >= 0.3 is 12.1 Å². The highest BCUT2D eigenvalue weighted by atomic mass is 19.1. The number of carbonyl (C=O) groups excluding carboxylic acids is 3. The molecule has 2 aromatic carbocycles. The van der Waals surface area contributed by atoms with Gasteiger partial charge in [-0.15, -0.1) is 0 Å². The van der Waals surface area contributed by atoms with Crippen molar-refractivity contribution in [2.24, 2.45) is 0 Å². The molecule has 1 aliphatic rings. The number of hydrogen-bond donors (Lipinski definition) is 2. The molecule has 2 aromatic rings. The molecule has 8 nitrogen and oxygen atoms in total. The molecular weight excluding hydrogens is 443 g/mol. The van der Waals surface area contributed by atoms with Crippen molar-refractivity contribution in [1.82, 2.24) is 10.6 Å². The van der Waals surface area contributed by atoms with Crippen molar-refractivity contribution < 1.29 is 33.0 Å². The smallest absolute Gasteiger partial charge is 0.408 e. The highest BCUT2D eigenvalue weighted by Gasteiger charge is 2.29. The lowest BCUT2D eigenvalue weighted by atomic mass is 9.90. The minimum atomic E-state index is -1.18.